The molecule has 33 heavy (non-hydrogen) atoms. The highest BCUT2D eigenvalue weighted by atomic mass is 19.4. The average molecular weight is 469 g/mol. The molecule has 4 rings (SSSR count). The lowest BCUT2D eigenvalue weighted by molar-refractivity contribution is -0.138. The maximum absolute atomic E-state index is 13.8. The summed E-state index contributed by atoms with van der Waals surface area (Å²) in [7, 11) is 1.93. The molecule has 1 fully saturated rings. The Morgan fingerprint density at radius 2 is 1.70 bits per heavy atom. The summed E-state index contributed by atoms with van der Waals surface area (Å²) in [6.07, 6.45) is -7.06. The van der Waals surface area contributed by atoms with Crippen LogP contribution < -0.4 is 0 Å². The van der Waals surface area contributed by atoms with E-state index in [4.69, 9.17) is 4.52 Å². The molecule has 176 valence electrons. The first-order valence-corrected chi connectivity index (χ1v) is 10.4. The minimum atomic E-state index is -4.61. The summed E-state index contributed by atoms with van der Waals surface area (Å²) in [6, 6.07) is 8.24. The van der Waals surface area contributed by atoms with Gasteiger partial charge >= 0.3 is 12.4 Å². The summed E-state index contributed by atoms with van der Waals surface area (Å²) in [5.74, 6) is 0.468. The minimum Gasteiger partial charge on any atom is -0.337 e. The Morgan fingerprint density at radius 1 is 0.970 bits per heavy atom. The fraction of sp³-hybridized carbons (Fsp3) is 0.391. The smallest absolute Gasteiger partial charge is 0.337 e. The molecule has 1 saturated heterocycles. The number of alkyl halides is 6. The predicted octanol–water partition coefficient (Wildman–Crippen LogP) is 6.33. The molecule has 0 N–H and O–H groups in total. The molecule has 1 aromatic heterocycles. The lowest BCUT2D eigenvalue weighted by Crippen LogP contribution is -2.17. The number of likely N-dealkylation sites (tertiary alicyclic amines) is 1. The molecular weight excluding hydrogens is 448 g/mol. The van der Waals surface area contributed by atoms with Crippen molar-refractivity contribution in [2.24, 2.45) is 0 Å². The minimum absolute atomic E-state index is 0.0187. The third-order valence-corrected chi connectivity index (χ3v) is 5.88. The largest absolute Gasteiger partial charge is 0.416 e. The summed E-state index contributed by atoms with van der Waals surface area (Å²) < 4.78 is 84.7. The summed E-state index contributed by atoms with van der Waals surface area (Å²) >= 11 is 0. The van der Waals surface area contributed by atoms with Crippen LogP contribution in [0.25, 0.3) is 11.4 Å². The van der Waals surface area contributed by atoms with Crippen molar-refractivity contribution in [1.29, 1.82) is 0 Å². The van der Waals surface area contributed by atoms with Crippen LogP contribution in [0, 0.1) is 0 Å². The van der Waals surface area contributed by atoms with E-state index in [1.165, 1.54) is 24.3 Å². The highest BCUT2D eigenvalue weighted by Crippen LogP contribution is 2.36. The van der Waals surface area contributed by atoms with Crippen LogP contribution in [-0.2, 0) is 25.2 Å². The van der Waals surface area contributed by atoms with Crippen molar-refractivity contribution < 1.29 is 30.9 Å². The van der Waals surface area contributed by atoms with Crippen molar-refractivity contribution in [3.05, 3.63) is 70.6 Å². The number of hydrogen-bond acceptors (Lipinski definition) is 4. The van der Waals surface area contributed by atoms with Gasteiger partial charge in [-0.3, -0.25) is 4.90 Å². The molecule has 1 atom stereocenters. The Balaban J connectivity index is 1.54. The summed E-state index contributed by atoms with van der Waals surface area (Å²) in [5.41, 5.74) is -0.864. The van der Waals surface area contributed by atoms with Gasteiger partial charge in [0, 0.05) is 5.56 Å². The molecule has 1 aliphatic heterocycles. The van der Waals surface area contributed by atoms with Crippen LogP contribution >= 0.6 is 0 Å². The molecule has 2 heterocycles. The SMILES string of the molecule is CN1CCCC1c1nc(-c2ccc(CCc3ccc(C(F)(F)F)cc3)c(C(F)(F)F)c2)no1. The Hall–Kier alpha value is -2.88. The van der Waals surface area contributed by atoms with Crippen LogP contribution in [0.5, 0.6) is 0 Å². The van der Waals surface area contributed by atoms with Crippen molar-refractivity contribution in [3.63, 3.8) is 0 Å². The van der Waals surface area contributed by atoms with Crippen LogP contribution in [0.3, 0.4) is 0 Å². The average Bonchev–Trinajstić information content (AvgIpc) is 3.40. The van der Waals surface area contributed by atoms with Crippen molar-refractivity contribution in [2.75, 3.05) is 13.6 Å². The lowest BCUT2D eigenvalue weighted by atomic mass is 9.97. The Morgan fingerprint density at radius 3 is 2.30 bits per heavy atom. The van der Waals surface area contributed by atoms with Gasteiger partial charge in [0.2, 0.25) is 11.7 Å². The van der Waals surface area contributed by atoms with Gasteiger partial charge in [-0.2, -0.15) is 31.3 Å². The third-order valence-electron chi connectivity index (χ3n) is 5.88. The zero-order valence-electron chi connectivity index (χ0n) is 17.7. The monoisotopic (exact) mass is 469 g/mol. The molecule has 10 heteroatoms. The molecule has 1 unspecified atom stereocenters. The Kier molecular flexibility index (Phi) is 6.22. The van der Waals surface area contributed by atoms with Gasteiger partial charge < -0.3 is 4.52 Å². The lowest BCUT2D eigenvalue weighted by Gasteiger charge is -2.15. The fourth-order valence-electron chi connectivity index (χ4n) is 4.05. The van der Waals surface area contributed by atoms with E-state index in [9.17, 15) is 26.3 Å². The van der Waals surface area contributed by atoms with Gasteiger partial charge in [-0.25, -0.2) is 0 Å². The van der Waals surface area contributed by atoms with Crippen molar-refractivity contribution in [2.45, 2.75) is 44.1 Å². The van der Waals surface area contributed by atoms with E-state index in [1.54, 1.807) is 0 Å². The summed E-state index contributed by atoms with van der Waals surface area (Å²) in [4.78, 5) is 6.37. The highest BCUT2D eigenvalue weighted by molar-refractivity contribution is 5.57. The normalized spacial score (nSPS) is 17.6. The molecule has 2 aromatic carbocycles. The molecular formula is C23H21F6N3O. The van der Waals surface area contributed by atoms with Crippen molar-refractivity contribution in [3.8, 4) is 11.4 Å². The quantitative estimate of drug-likeness (QED) is 0.410. The standard InChI is InChI=1S/C23H21F6N3O/c1-32-12-2-3-19(32)21-30-20(31-33-21)16-9-8-15(18(13-16)23(27,28)29)7-4-14-5-10-17(11-6-14)22(24,25)26/h5-6,8-11,13,19H,2-4,7,12H2,1H3. The first-order valence-electron chi connectivity index (χ1n) is 10.4. The second-order valence-corrected chi connectivity index (χ2v) is 8.16. The number of rotatable bonds is 5. The number of hydrogen-bond donors (Lipinski definition) is 0. The number of halogens is 6. The second kappa shape index (κ2) is 8.81. The van der Waals surface area contributed by atoms with Crippen molar-refractivity contribution >= 4 is 0 Å². The third kappa shape index (κ3) is 5.21. The van der Waals surface area contributed by atoms with E-state index >= 15 is 0 Å². The topological polar surface area (TPSA) is 42.2 Å². The van der Waals surface area contributed by atoms with E-state index in [-0.39, 0.29) is 35.8 Å². The molecule has 3 aromatic rings. The van der Waals surface area contributed by atoms with E-state index in [0.717, 1.165) is 37.6 Å². The Bertz CT molecular complexity index is 1100. The molecule has 0 amide bonds. The molecule has 4 nitrogen and oxygen atoms in total. The number of aryl methyl sites for hydroxylation is 2. The number of nitrogens with zero attached hydrogens (tertiary/aromatic N) is 3. The summed E-state index contributed by atoms with van der Waals surface area (Å²) in [5, 5.41) is 3.87. The molecule has 0 aliphatic carbocycles. The molecule has 1 aliphatic rings. The maximum Gasteiger partial charge on any atom is 0.416 e. The van der Waals surface area contributed by atoms with Gasteiger partial charge in [-0.15, -0.1) is 0 Å². The second-order valence-electron chi connectivity index (χ2n) is 8.16. The van der Waals surface area contributed by atoms with Crippen LogP contribution in [0.2, 0.25) is 0 Å². The van der Waals surface area contributed by atoms with Crippen LogP contribution in [0.15, 0.2) is 47.0 Å². The number of benzene rings is 2. The van der Waals surface area contributed by atoms with E-state index in [1.807, 2.05) is 7.05 Å². The van der Waals surface area contributed by atoms with Gasteiger partial charge in [0.1, 0.15) is 0 Å². The molecule has 0 radical (unpaired) electrons. The predicted molar refractivity (Wildman–Crippen MR) is 108 cm³/mol. The van der Waals surface area contributed by atoms with Gasteiger partial charge in [-0.1, -0.05) is 29.4 Å². The number of aromatic nitrogens is 2. The van der Waals surface area contributed by atoms with Gasteiger partial charge in [0.05, 0.1) is 17.2 Å². The highest BCUT2D eigenvalue weighted by Gasteiger charge is 2.34. The first-order chi connectivity index (χ1) is 15.5. The molecule has 0 saturated carbocycles. The van der Waals surface area contributed by atoms with E-state index in [0.29, 0.717) is 11.5 Å². The molecule has 0 spiro atoms. The van der Waals surface area contributed by atoms with Crippen molar-refractivity contribution in [1.82, 2.24) is 15.0 Å². The van der Waals surface area contributed by atoms with Gasteiger partial charge in [0.25, 0.3) is 0 Å². The van der Waals surface area contributed by atoms with Crippen LogP contribution in [-0.4, -0.2) is 28.6 Å². The van der Waals surface area contributed by atoms with Gasteiger partial charge in [0.15, 0.2) is 0 Å². The Labute approximate surface area is 186 Å². The fourth-order valence-corrected chi connectivity index (χ4v) is 4.05. The maximum atomic E-state index is 13.8. The van der Waals surface area contributed by atoms with Crippen LogP contribution in [0.1, 0.15) is 47.0 Å². The zero-order valence-corrected chi connectivity index (χ0v) is 17.7. The van der Waals surface area contributed by atoms with E-state index in [2.05, 4.69) is 15.0 Å². The van der Waals surface area contributed by atoms with Crippen LogP contribution in [0.4, 0.5) is 26.3 Å². The van der Waals surface area contributed by atoms with Gasteiger partial charge in [-0.05, 0) is 68.6 Å². The van der Waals surface area contributed by atoms with E-state index < -0.39 is 23.5 Å². The first kappa shape index (κ1) is 23.3. The summed E-state index contributed by atoms with van der Waals surface area (Å²) in [6.45, 7) is 0.883. The molecule has 0 bridgehead atoms. The zero-order chi connectivity index (χ0) is 23.8.